The molecule has 4 nitrogen and oxygen atoms in total. The number of pyridine rings is 1. The van der Waals surface area contributed by atoms with Crippen LogP contribution in [0.4, 0.5) is 0 Å². The van der Waals surface area contributed by atoms with Gasteiger partial charge in [-0.25, -0.2) is 9.78 Å². The molecule has 0 saturated heterocycles. The van der Waals surface area contributed by atoms with E-state index in [2.05, 4.69) is 20.9 Å². The fourth-order valence-electron chi connectivity index (χ4n) is 1.12. The number of aromatic carboxylic acids is 1. The van der Waals surface area contributed by atoms with Crippen molar-refractivity contribution in [3.63, 3.8) is 0 Å². The van der Waals surface area contributed by atoms with Crippen LogP contribution < -0.4 is 0 Å². The smallest absolute Gasteiger partial charge is 0.335 e. The highest BCUT2D eigenvalue weighted by Gasteiger charge is 2.06. The van der Waals surface area contributed by atoms with Crippen LogP contribution in [0.2, 0.25) is 0 Å². The Morgan fingerprint density at radius 2 is 2.33 bits per heavy atom. The second-order valence-corrected chi connectivity index (χ2v) is 3.73. The lowest BCUT2D eigenvalue weighted by atomic mass is 10.2. The largest absolute Gasteiger partial charge is 0.478 e. The van der Waals surface area contributed by atoms with Gasteiger partial charge in [0, 0.05) is 18.7 Å². The summed E-state index contributed by atoms with van der Waals surface area (Å²) in [5.74, 6) is -0.948. The maximum absolute atomic E-state index is 10.8. The zero-order chi connectivity index (χ0) is 11.3. The average Bonchev–Trinajstić information content (AvgIpc) is 2.17. The summed E-state index contributed by atoms with van der Waals surface area (Å²) in [6.07, 6.45) is 0.619. The molecule has 5 heteroatoms. The molecule has 0 aromatic carbocycles. The lowest BCUT2D eigenvalue weighted by Crippen LogP contribution is -2.04. The van der Waals surface area contributed by atoms with Crippen molar-refractivity contribution in [3.8, 4) is 0 Å². The highest BCUT2D eigenvalue weighted by molar-refractivity contribution is 9.10. The lowest BCUT2D eigenvalue weighted by molar-refractivity contribution is 0.0696. The molecule has 0 radical (unpaired) electrons. The van der Waals surface area contributed by atoms with Crippen molar-refractivity contribution in [1.82, 2.24) is 4.98 Å². The second-order valence-electron chi connectivity index (χ2n) is 2.92. The van der Waals surface area contributed by atoms with Crippen molar-refractivity contribution < 1.29 is 14.6 Å². The van der Waals surface area contributed by atoms with Gasteiger partial charge < -0.3 is 9.84 Å². The van der Waals surface area contributed by atoms with Crippen LogP contribution in [0.25, 0.3) is 0 Å². The Bertz CT molecular complexity index is 355. The number of carboxylic acids is 1. The van der Waals surface area contributed by atoms with Gasteiger partial charge in [-0.1, -0.05) is 0 Å². The van der Waals surface area contributed by atoms with E-state index >= 15 is 0 Å². The third-order valence-electron chi connectivity index (χ3n) is 1.80. The normalized spacial score (nSPS) is 10.3. The average molecular weight is 274 g/mol. The summed E-state index contributed by atoms with van der Waals surface area (Å²) in [7, 11) is 0. The number of carbonyl (C=O) groups is 1. The molecule has 0 bridgehead atoms. The summed E-state index contributed by atoms with van der Waals surface area (Å²) in [4.78, 5) is 14.9. The molecule has 0 aliphatic heterocycles. The minimum atomic E-state index is -0.948. The maximum Gasteiger partial charge on any atom is 0.335 e. The number of hydrogen-bond acceptors (Lipinski definition) is 3. The Morgan fingerprint density at radius 1 is 1.60 bits per heavy atom. The number of rotatable bonds is 5. The van der Waals surface area contributed by atoms with Gasteiger partial charge in [-0.05, 0) is 35.0 Å². The van der Waals surface area contributed by atoms with Gasteiger partial charge in [0.25, 0.3) is 0 Å². The SMILES string of the molecule is CCOCCc1cc(C(=O)O)cc(Br)n1. The molecule has 0 aliphatic carbocycles. The van der Waals surface area contributed by atoms with E-state index in [-0.39, 0.29) is 5.56 Å². The van der Waals surface area contributed by atoms with Crippen LogP contribution in [-0.4, -0.2) is 29.3 Å². The Balaban J connectivity index is 2.75. The molecule has 0 atom stereocenters. The molecule has 0 aliphatic rings. The Morgan fingerprint density at radius 3 is 2.93 bits per heavy atom. The summed E-state index contributed by atoms with van der Waals surface area (Å²) in [5.41, 5.74) is 0.957. The Hall–Kier alpha value is -0.940. The standard InChI is InChI=1S/C10H12BrNO3/c1-2-15-4-3-8-5-7(10(13)14)6-9(11)12-8/h5-6H,2-4H2,1H3,(H,13,14). The monoisotopic (exact) mass is 273 g/mol. The minimum Gasteiger partial charge on any atom is -0.478 e. The molecule has 1 heterocycles. The molecule has 0 unspecified atom stereocenters. The zero-order valence-corrected chi connectivity index (χ0v) is 9.95. The molecule has 1 aromatic rings. The third-order valence-corrected chi connectivity index (χ3v) is 2.21. The van der Waals surface area contributed by atoms with Gasteiger partial charge in [0.15, 0.2) is 0 Å². The summed E-state index contributed by atoms with van der Waals surface area (Å²) in [6.45, 7) is 3.12. The highest BCUT2D eigenvalue weighted by Crippen LogP contribution is 2.12. The predicted molar refractivity (Wildman–Crippen MR) is 59.1 cm³/mol. The van der Waals surface area contributed by atoms with Gasteiger partial charge in [0.05, 0.1) is 12.2 Å². The van der Waals surface area contributed by atoms with Gasteiger partial charge in [-0.2, -0.15) is 0 Å². The van der Waals surface area contributed by atoms with Crippen LogP contribution in [0.1, 0.15) is 23.0 Å². The van der Waals surface area contributed by atoms with E-state index in [0.29, 0.717) is 24.2 Å². The molecule has 1 N–H and O–H groups in total. The van der Waals surface area contributed by atoms with E-state index in [9.17, 15) is 4.79 Å². The summed E-state index contributed by atoms with van der Waals surface area (Å²) < 4.78 is 5.71. The molecule has 0 spiro atoms. The molecule has 1 aromatic heterocycles. The van der Waals surface area contributed by atoms with Crippen molar-refractivity contribution in [2.75, 3.05) is 13.2 Å². The van der Waals surface area contributed by atoms with Gasteiger partial charge in [0.2, 0.25) is 0 Å². The van der Waals surface area contributed by atoms with Crippen molar-refractivity contribution >= 4 is 21.9 Å². The molecule has 0 fully saturated rings. The van der Waals surface area contributed by atoms with Crippen LogP contribution in [-0.2, 0) is 11.2 Å². The first-order valence-corrected chi connectivity index (χ1v) is 5.40. The number of halogens is 1. The van der Waals surface area contributed by atoms with E-state index in [1.165, 1.54) is 6.07 Å². The van der Waals surface area contributed by atoms with Gasteiger partial charge >= 0.3 is 5.97 Å². The predicted octanol–water partition coefficient (Wildman–Crippen LogP) is 2.12. The van der Waals surface area contributed by atoms with Crippen molar-refractivity contribution in [1.29, 1.82) is 0 Å². The van der Waals surface area contributed by atoms with Gasteiger partial charge in [-0.3, -0.25) is 0 Å². The topological polar surface area (TPSA) is 59.4 Å². The van der Waals surface area contributed by atoms with Gasteiger partial charge in [0.1, 0.15) is 4.60 Å². The van der Waals surface area contributed by atoms with E-state index in [4.69, 9.17) is 9.84 Å². The third kappa shape index (κ3) is 3.97. The Kier molecular flexibility index (Phi) is 4.71. The fraction of sp³-hybridized carbons (Fsp3) is 0.400. The first-order valence-electron chi connectivity index (χ1n) is 4.61. The first kappa shape index (κ1) is 12.1. The quantitative estimate of drug-likeness (QED) is 0.660. The summed E-state index contributed by atoms with van der Waals surface area (Å²) in [5, 5.41) is 8.83. The molecule has 15 heavy (non-hydrogen) atoms. The van der Waals surface area contributed by atoms with Gasteiger partial charge in [-0.15, -0.1) is 0 Å². The molecular weight excluding hydrogens is 262 g/mol. The summed E-state index contributed by atoms with van der Waals surface area (Å²) in [6, 6.07) is 3.04. The van der Waals surface area contributed by atoms with Crippen LogP contribution in [0, 0.1) is 0 Å². The molecule has 0 saturated carbocycles. The maximum atomic E-state index is 10.8. The van der Waals surface area contributed by atoms with E-state index in [1.807, 2.05) is 6.92 Å². The number of carboxylic acid groups (broad SMARTS) is 1. The minimum absolute atomic E-state index is 0.239. The second kappa shape index (κ2) is 5.82. The number of hydrogen-bond donors (Lipinski definition) is 1. The van der Waals surface area contributed by atoms with E-state index < -0.39 is 5.97 Å². The molecule has 0 amide bonds. The number of ether oxygens (including phenoxy) is 1. The Labute approximate surface area is 96.4 Å². The van der Waals surface area contributed by atoms with E-state index in [0.717, 1.165) is 5.69 Å². The fourth-order valence-corrected chi connectivity index (χ4v) is 1.60. The highest BCUT2D eigenvalue weighted by atomic mass is 79.9. The first-order chi connectivity index (χ1) is 7.13. The van der Waals surface area contributed by atoms with Crippen LogP contribution >= 0.6 is 15.9 Å². The van der Waals surface area contributed by atoms with Crippen LogP contribution in [0.15, 0.2) is 16.7 Å². The van der Waals surface area contributed by atoms with Crippen molar-refractivity contribution in [3.05, 3.63) is 28.0 Å². The number of aromatic nitrogens is 1. The van der Waals surface area contributed by atoms with Crippen molar-refractivity contribution in [2.24, 2.45) is 0 Å². The summed E-state index contributed by atoms with van der Waals surface area (Å²) >= 11 is 3.18. The van der Waals surface area contributed by atoms with E-state index in [1.54, 1.807) is 6.07 Å². The molecule has 82 valence electrons. The zero-order valence-electron chi connectivity index (χ0n) is 8.36. The molecular formula is C10H12BrNO3. The molecule has 1 rings (SSSR count). The van der Waals surface area contributed by atoms with Crippen LogP contribution in [0.5, 0.6) is 0 Å². The van der Waals surface area contributed by atoms with Crippen molar-refractivity contribution in [2.45, 2.75) is 13.3 Å². The van der Waals surface area contributed by atoms with Crippen LogP contribution in [0.3, 0.4) is 0 Å². The lowest BCUT2D eigenvalue weighted by Gasteiger charge is -2.03. The number of nitrogens with zero attached hydrogens (tertiary/aromatic N) is 1.